The van der Waals surface area contributed by atoms with Crippen LogP contribution in [0.3, 0.4) is 0 Å². The van der Waals surface area contributed by atoms with E-state index >= 15 is 0 Å². The Morgan fingerprint density at radius 1 is 1.18 bits per heavy atom. The number of benzene rings is 2. The zero-order chi connectivity index (χ0) is 23.7. The Morgan fingerprint density at radius 2 is 1.91 bits per heavy atom. The van der Waals surface area contributed by atoms with E-state index in [0.29, 0.717) is 28.5 Å². The average molecular weight is 461 g/mol. The van der Waals surface area contributed by atoms with Gasteiger partial charge in [-0.15, -0.1) is 0 Å². The number of anilines is 2. The van der Waals surface area contributed by atoms with E-state index in [9.17, 15) is 4.79 Å². The molecule has 0 radical (unpaired) electrons. The highest BCUT2D eigenvalue weighted by molar-refractivity contribution is 6.30. The maximum Gasteiger partial charge on any atom is 0.259 e. The van der Waals surface area contributed by atoms with Gasteiger partial charge < -0.3 is 15.6 Å². The highest BCUT2D eigenvalue weighted by atomic mass is 35.5. The Kier molecular flexibility index (Phi) is 6.16. The van der Waals surface area contributed by atoms with Crippen molar-refractivity contribution in [2.75, 3.05) is 11.1 Å². The van der Waals surface area contributed by atoms with Crippen LogP contribution in [0.2, 0.25) is 5.02 Å². The predicted octanol–water partition coefficient (Wildman–Crippen LogP) is 4.94. The first-order valence-corrected chi connectivity index (χ1v) is 11.0. The van der Waals surface area contributed by atoms with Crippen molar-refractivity contribution in [1.82, 2.24) is 14.5 Å². The molecule has 0 fully saturated rings. The minimum absolute atomic E-state index is 0.0197. The van der Waals surface area contributed by atoms with Crippen LogP contribution < -0.4 is 16.6 Å². The minimum Gasteiger partial charge on any atom is -0.383 e. The Labute approximate surface area is 196 Å². The number of rotatable bonds is 6. The molecule has 0 saturated carbocycles. The summed E-state index contributed by atoms with van der Waals surface area (Å²) in [6.07, 6.45) is 1.36. The maximum absolute atomic E-state index is 13.3. The number of pyridine rings is 1. The van der Waals surface area contributed by atoms with Gasteiger partial charge in [-0.1, -0.05) is 41.9 Å². The zero-order valence-electron chi connectivity index (χ0n) is 18.7. The summed E-state index contributed by atoms with van der Waals surface area (Å²) in [5.74, 6) is 0.623. The van der Waals surface area contributed by atoms with Crippen molar-refractivity contribution in [3.05, 3.63) is 92.6 Å². The number of aryl methyl sites for hydroxylation is 1. The number of nitrogens with one attached hydrogen (secondary N) is 2. The number of aromatic nitrogens is 3. The number of hydrogen-bond donors (Lipinski definition) is 3. The van der Waals surface area contributed by atoms with E-state index < -0.39 is 0 Å². The second-order valence-corrected chi connectivity index (χ2v) is 8.60. The first-order valence-electron chi connectivity index (χ1n) is 10.6. The van der Waals surface area contributed by atoms with Crippen molar-refractivity contribution in [2.24, 2.45) is 0 Å². The summed E-state index contributed by atoms with van der Waals surface area (Å²) in [6, 6.07) is 14.8. The van der Waals surface area contributed by atoms with Crippen molar-refractivity contribution < 1.29 is 0 Å². The van der Waals surface area contributed by atoms with Crippen LogP contribution in [-0.2, 0) is 6.54 Å². The van der Waals surface area contributed by atoms with Crippen molar-refractivity contribution in [3.8, 4) is 0 Å². The molecule has 2 heterocycles. The van der Waals surface area contributed by atoms with Gasteiger partial charge in [-0.3, -0.25) is 10.2 Å². The van der Waals surface area contributed by atoms with Crippen molar-refractivity contribution in [3.63, 3.8) is 0 Å². The van der Waals surface area contributed by atoms with E-state index in [1.807, 2.05) is 45.0 Å². The molecular weight excluding hydrogens is 436 g/mol. The molecule has 0 aliphatic heterocycles. The first-order chi connectivity index (χ1) is 15.8. The molecule has 0 bridgehead atoms. The second-order valence-electron chi connectivity index (χ2n) is 8.16. The smallest absolute Gasteiger partial charge is 0.259 e. The second kappa shape index (κ2) is 9.03. The van der Waals surface area contributed by atoms with Gasteiger partial charge in [-0.25, -0.2) is 9.97 Å². The SMILES string of the molecule is Cc1cccc2cc(CNc3ncnc(N)c3C(=N)c3ccc(Cl)cc3)n(C(C)C)c(=O)c12. The van der Waals surface area contributed by atoms with Crippen LogP contribution in [0.4, 0.5) is 11.6 Å². The standard InChI is InChI=1S/C25H25ClN6O/c1-14(2)32-19(11-17-6-4-5-15(3)20(17)25(32)33)12-29-24-21(23(28)30-13-31-24)22(27)16-7-9-18(26)10-8-16/h4-11,13-14,27H,12H2,1-3H3,(H3,28,29,30,31). The number of fused-ring (bicyclic) bond motifs is 1. The third kappa shape index (κ3) is 4.32. The van der Waals surface area contributed by atoms with Crippen molar-refractivity contribution >= 4 is 39.7 Å². The Bertz CT molecular complexity index is 1410. The van der Waals surface area contributed by atoms with E-state index in [-0.39, 0.29) is 23.1 Å². The third-order valence-corrected chi connectivity index (χ3v) is 5.83. The summed E-state index contributed by atoms with van der Waals surface area (Å²) in [6.45, 7) is 6.25. The molecule has 7 nitrogen and oxygen atoms in total. The van der Waals surface area contributed by atoms with Gasteiger partial charge in [0.05, 0.1) is 23.2 Å². The van der Waals surface area contributed by atoms with Crippen molar-refractivity contribution in [2.45, 2.75) is 33.4 Å². The molecule has 0 unspecified atom stereocenters. The van der Waals surface area contributed by atoms with Gasteiger partial charge in [0.25, 0.3) is 5.56 Å². The molecule has 4 aromatic rings. The van der Waals surface area contributed by atoms with Crippen LogP contribution in [0.15, 0.2) is 59.7 Å². The lowest BCUT2D eigenvalue weighted by atomic mass is 10.0. The molecule has 4 N–H and O–H groups in total. The summed E-state index contributed by atoms with van der Waals surface area (Å²) in [7, 11) is 0. The van der Waals surface area contributed by atoms with Gasteiger partial charge in [0.15, 0.2) is 0 Å². The Balaban J connectivity index is 1.74. The molecule has 33 heavy (non-hydrogen) atoms. The van der Waals surface area contributed by atoms with E-state index in [0.717, 1.165) is 22.0 Å². The molecule has 2 aromatic carbocycles. The molecule has 0 aliphatic rings. The fraction of sp³-hybridized carbons (Fsp3) is 0.200. The van der Waals surface area contributed by atoms with Crippen LogP contribution in [0.1, 0.15) is 42.3 Å². The predicted molar refractivity (Wildman–Crippen MR) is 134 cm³/mol. The largest absolute Gasteiger partial charge is 0.383 e. The number of nitrogens with two attached hydrogens (primary N) is 1. The van der Waals surface area contributed by atoms with E-state index in [1.54, 1.807) is 28.8 Å². The van der Waals surface area contributed by atoms with Gasteiger partial charge >= 0.3 is 0 Å². The molecule has 0 spiro atoms. The number of halogens is 1. The lowest BCUT2D eigenvalue weighted by Crippen LogP contribution is -2.27. The number of nitrogen functional groups attached to an aromatic ring is 1. The summed E-state index contributed by atoms with van der Waals surface area (Å²) in [5.41, 5.74) is 9.11. The summed E-state index contributed by atoms with van der Waals surface area (Å²) >= 11 is 5.99. The van der Waals surface area contributed by atoms with E-state index in [1.165, 1.54) is 6.33 Å². The zero-order valence-corrected chi connectivity index (χ0v) is 19.4. The van der Waals surface area contributed by atoms with Gasteiger partial charge in [-0.2, -0.15) is 0 Å². The third-order valence-electron chi connectivity index (χ3n) is 5.58. The van der Waals surface area contributed by atoms with Crippen LogP contribution in [0, 0.1) is 12.3 Å². The maximum atomic E-state index is 13.3. The van der Waals surface area contributed by atoms with Crippen LogP contribution in [-0.4, -0.2) is 20.2 Å². The highest BCUT2D eigenvalue weighted by Gasteiger charge is 2.18. The molecule has 2 aromatic heterocycles. The van der Waals surface area contributed by atoms with Crippen molar-refractivity contribution in [1.29, 1.82) is 5.41 Å². The molecule has 0 atom stereocenters. The molecule has 8 heteroatoms. The fourth-order valence-corrected chi connectivity index (χ4v) is 4.15. The molecule has 0 amide bonds. The lowest BCUT2D eigenvalue weighted by molar-refractivity contribution is 0.558. The van der Waals surface area contributed by atoms with Crippen LogP contribution in [0.25, 0.3) is 10.8 Å². The summed E-state index contributed by atoms with van der Waals surface area (Å²) in [5, 5.41) is 14.2. The molecule has 4 rings (SSSR count). The highest BCUT2D eigenvalue weighted by Crippen LogP contribution is 2.24. The van der Waals surface area contributed by atoms with Crippen LogP contribution >= 0.6 is 11.6 Å². The summed E-state index contributed by atoms with van der Waals surface area (Å²) in [4.78, 5) is 21.7. The Hall–Kier alpha value is -3.71. The fourth-order valence-electron chi connectivity index (χ4n) is 4.02. The Morgan fingerprint density at radius 3 is 2.61 bits per heavy atom. The topological polar surface area (TPSA) is 110 Å². The van der Waals surface area contributed by atoms with Crippen LogP contribution in [0.5, 0.6) is 0 Å². The molecule has 168 valence electrons. The van der Waals surface area contributed by atoms with Gasteiger partial charge in [-0.05, 0) is 49.9 Å². The molecular formula is C25H25ClN6O. The van der Waals surface area contributed by atoms with E-state index in [4.69, 9.17) is 22.7 Å². The quantitative estimate of drug-likeness (QED) is 0.353. The molecule has 0 saturated heterocycles. The first kappa shape index (κ1) is 22.5. The number of nitrogens with zero attached hydrogens (tertiary/aromatic N) is 3. The van der Waals surface area contributed by atoms with Gasteiger partial charge in [0.2, 0.25) is 0 Å². The lowest BCUT2D eigenvalue weighted by Gasteiger charge is -2.20. The van der Waals surface area contributed by atoms with Gasteiger partial charge in [0.1, 0.15) is 18.0 Å². The monoisotopic (exact) mass is 460 g/mol. The van der Waals surface area contributed by atoms with Gasteiger partial charge in [0, 0.05) is 22.3 Å². The van der Waals surface area contributed by atoms with E-state index in [2.05, 4.69) is 15.3 Å². The minimum atomic E-state index is -0.0272. The normalized spacial score (nSPS) is 11.2. The average Bonchev–Trinajstić information content (AvgIpc) is 2.77. The number of hydrogen-bond acceptors (Lipinski definition) is 6. The summed E-state index contributed by atoms with van der Waals surface area (Å²) < 4.78 is 1.79. The molecule has 0 aliphatic carbocycles.